The molecule has 96 valence electrons. The van der Waals surface area contributed by atoms with Crippen molar-refractivity contribution in [2.45, 2.75) is 18.9 Å². The average molecular weight is 269 g/mol. The van der Waals surface area contributed by atoms with Crippen LogP contribution in [0.5, 0.6) is 0 Å². The fraction of sp³-hybridized carbons (Fsp3) is 0.308. The van der Waals surface area contributed by atoms with Gasteiger partial charge in [-0.25, -0.2) is 4.39 Å². The van der Waals surface area contributed by atoms with E-state index in [1.807, 2.05) is 13.2 Å². The van der Waals surface area contributed by atoms with Crippen LogP contribution in [0.15, 0.2) is 30.6 Å². The molecule has 2 aromatic rings. The number of aryl methyl sites for hydroxylation is 1. The molecule has 18 heavy (non-hydrogen) atoms. The highest BCUT2D eigenvalue weighted by Crippen LogP contribution is 2.21. The number of aromatic nitrogens is 2. The topological polar surface area (TPSA) is 38.0 Å². The standard InChI is InChI=1S/C13H14ClFN2O/c1-17-8-9(7-16-17)5-10(18)6-11-12(14)3-2-4-13(11)15/h2-4,7-8,10,18H,5-6H2,1H3. The second-order valence-corrected chi connectivity index (χ2v) is 4.69. The van der Waals surface area contributed by atoms with Crippen molar-refractivity contribution < 1.29 is 9.50 Å². The number of rotatable bonds is 4. The molecule has 0 aliphatic rings. The summed E-state index contributed by atoms with van der Waals surface area (Å²) in [7, 11) is 1.81. The number of aliphatic hydroxyl groups is 1. The molecule has 1 N–H and O–H groups in total. The zero-order valence-corrected chi connectivity index (χ0v) is 10.7. The Morgan fingerprint density at radius 3 is 2.83 bits per heavy atom. The van der Waals surface area contributed by atoms with Crippen molar-refractivity contribution in [1.29, 1.82) is 0 Å². The van der Waals surface area contributed by atoms with Crippen LogP contribution < -0.4 is 0 Å². The van der Waals surface area contributed by atoms with Crippen LogP contribution in [0, 0.1) is 5.82 Å². The Kier molecular flexibility index (Phi) is 3.99. The Morgan fingerprint density at radius 1 is 1.44 bits per heavy atom. The van der Waals surface area contributed by atoms with Gasteiger partial charge in [0.25, 0.3) is 0 Å². The molecule has 2 rings (SSSR count). The van der Waals surface area contributed by atoms with Crippen LogP contribution in [-0.4, -0.2) is 21.0 Å². The van der Waals surface area contributed by atoms with E-state index >= 15 is 0 Å². The number of benzene rings is 1. The maximum atomic E-state index is 13.5. The van der Waals surface area contributed by atoms with Gasteiger partial charge in [0.05, 0.1) is 12.3 Å². The third-order valence-corrected chi connectivity index (χ3v) is 3.09. The average Bonchev–Trinajstić information content (AvgIpc) is 2.69. The predicted octanol–water partition coefficient (Wildman–Crippen LogP) is 2.36. The molecule has 0 bridgehead atoms. The maximum Gasteiger partial charge on any atom is 0.127 e. The summed E-state index contributed by atoms with van der Waals surface area (Å²) in [5, 5.41) is 14.3. The van der Waals surface area contributed by atoms with Crippen molar-refractivity contribution in [1.82, 2.24) is 9.78 Å². The van der Waals surface area contributed by atoms with Crippen LogP contribution in [0.2, 0.25) is 5.02 Å². The van der Waals surface area contributed by atoms with Gasteiger partial charge in [0.2, 0.25) is 0 Å². The van der Waals surface area contributed by atoms with E-state index < -0.39 is 6.10 Å². The van der Waals surface area contributed by atoms with Crippen LogP contribution in [0.3, 0.4) is 0 Å². The Morgan fingerprint density at radius 2 is 2.22 bits per heavy atom. The summed E-state index contributed by atoms with van der Waals surface area (Å²) in [6.07, 6.45) is 3.46. The van der Waals surface area contributed by atoms with Crippen molar-refractivity contribution in [3.8, 4) is 0 Å². The van der Waals surface area contributed by atoms with E-state index in [4.69, 9.17) is 11.6 Å². The largest absolute Gasteiger partial charge is 0.392 e. The maximum absolute atomic E-state index is 13.5. The summed E-state index contributed by atoms with van der Waals surface area (Å²) in [6, 6.07) is 4.52. The quantitative estimate of drug-likeness (QED) is 0.924. The predicted molar refractivity (Wildman–Crippen MR) is 68.0 cm³/mol. The van der Waals surface area contributed by atoms with Gasteiger partial charge >= 0.3 is 0 Å². The smallest absolute Gasteiger partial charge is 0.127 e. The molecule has 1 heterocycles. The number of halogens is 2. The van der Waals surface area contributed by atoms with Gasteiger partial charge in [0, 0.05) is 36.7 Å². The first-order chi connectivity index (χ1) is 8.56. The van der Waals surface area contributed by atoms with Crippen molar-refractivity contribution in [3.63, 3.8) is 0 Å². The van der Waals surface area contributed by atoms with Gasteiger partial charge in [-0.3, -0.25) is 4.68 Å². The fourth-order valence-corrected chi connectivity index (χ4v) is 2.12. The molecule has 1 aromatic carbocycles. The minimum atomic E-state index is -0.677. The highest BCUT2D eigenvalue weighted by Gasteiger charge is 2.13. The Bertz CT molecular complexity index is 521. The zero-order chi connectivity index (χ0) is 13.1. The summed E-state index contributed by atoms with van der Waals surface area (Å²) < 4.78 is 15.2. The molecule has 0 aliphatic heterocycles. The first-order valence-electron chi connectivity index (χ1n) is 5.64. The monoisotopic (exact) mass is 268 g/mol. The SMILES string of the molecule is Cn1cc(CC(O)Cc2c(F)cccc2Cl)cn1. The third-order valence-electron chi connectivity index (χ3n) is 2.73. The third kappa shape index (κ3) is 3.09. The van der Waals surface area contributed by atoms with Crippen LogP contribution in [0.25, 0.3) is 0 Å². The molecule has 5 heteroatoms. The van der Waals surface area contributed by atoms with Crippen molar-refractivity contribution in [3.05, 3.63) is 52.6 Å². The molecule has 0 saturated heterocycles. The first-order valence-corrected chi connectivity index (χ1v) is 6.02. The molecular weight excluding hydrogens is 255 g/mol. The van der Waals surface area contributed by atoms with E-state index in [0.717, 1.165) is 5.56 Å². The Hall–Kier alpha value is -1.39. The van der Waals surface area contributed by atoms with Crippen molar-refractivity contribution in [2.75, 3.05) is 0 Å². The number of aliphatic hydroxyl groups excluding tert-OH is 1. The molecule has 1 aromatic heterocycles. The second-order valence-electron chi connectivity index (χ2n) is 4.28. The molecule has 3 nitrogen and oxygen atoms in total. The lowest BCUT2D eigenvalue weighted by molar-refractivity contribution is 0.174. The van der Waals surface area contributed by atoms with E-state index in [-0.39, 0.29) is 12.2 Å². The van der Waals surface area contributed by atoms with E-state index in [0.29, 0.717) is 17.0 Å². The molecule has 0 spiro atoms. The zero-order valence-electron chi connectivity index (χ0n) is 9.98. The molecule has 0 saturated carbocycles. The number of nitrogens with zero attached hydrogens (tertiary/aromatic N) is 2. The molecular formula is C13H14ClFN2O. The minimum Gasteiger partial charge on any atom is -0.392 e. The lowest BCUT2D eigenvalue weighted by Gasteiger charge is -2.11. The summed E-state index contributed by atoms with van der Waals surface area (Å²) in [4.78, 5) is 0. The van der Waals surface area contributed by atoms with Crippen LogP contribution in [-0.2, 0) is 19.9 Å². The summed E-state index contributed by atoms with van der Waals surface area (Å²) in [6.45, 7) is 0. The van der Waals surface area contributed by atoms with Gasteiger partial charge in [-0.05, 0) is 17.7 Å². The van der Waals surface area contributed by atoms with E-state index in [1.165, 1.54) is 6.07 Å². The molecule has 0 fully saturated rings. The van der Waals surface area contributed by atoms with Gasteiger partial charge in [-0.15, -0.1) is 0 Å². The van der Waals surface area contributed by atoms with Gasteiger partial charge in [0.15, 0.2) is 0 Å². The summed E-state index contributed by atoms with van der Waals surface area (Å²) in [5.41, 5.74) is 1.27. The highest BCUT2D eigenvalue weighted by molar-refractivity contribution is 6.31. The molecule has 1 atom stereocenters. The van der Waals surface area contributed by atoms with E-state index in [9.17, 15) is 9.50 Å². The molecule has 1 unspecified atom stereocenters. The number of hydrogen-bond donors (Lipinski definition) is 1. The number of hydrogen-bond acceptors (Lipinski definition) is 2. The second kappa shape index (κ2) is 5.50. The Labute approximate surface area is 110 Å². The van der Waals surface area contributed by atoms with Crippen LogP contribution >= 0.6 is 11.6 Å². The van der Waals surface area contributed by atoms with Crippen molar-refractivity contribution >= 4 is 11.6 Å². The lowest BCUT2D eigenvalue weighted by Crippen LogP contribution is -2.15. The van der Waals surface area contributed by atoms with Crippen LogP contribution in [0.4, 0.5) is 4.39 Å². The summed E-state index contributed by atoms with van der Waals surface area (Å²) in [5.74, 6) is -0.382. The Balaban J connectivity index is 2.05. The summed E-state index contributed by atoms with van der Waals surface area (Å²) >= 11 is 5.91. The van der Waals surface area contributed by atoms with E-state index in [2.05, 4.69) is 5.10 Å². The molecule has 0 radical (unpaired) electrons. The molecule has 0 amide bonds. The van der Waals surface area contributed by atoms with Gasteiger partial charge in [-0.2, -0.15) is 5.10 Å². The highest BCUT2D eigenvalue weighted by atomic mass is 35.5. The molecule has 0 aliphatic carbocycles. The lowest BCUT2D eigenvalue weighted by atomic mass is 10.0. The first kappa shape index (κ1) is 13.1. The van der Waals surface area contributed by atoms with Crippen molar-refractivity contribution in [2.24, 2.45) is 7.05 Å². The van der Waals surface area contributed by atoms with Gasteiger partial charge in [-0.1, -0.05) is 17.7 Å². The van der Waals surface area contributed by atoms with Gasteiger partial charge in [0.1, 0.15) is 5.82 Å². The minimum absolute atomic E-state index is 0.195. The van der Waals surface area contributed by atoms with Crippen LogP contribution in [0.1, 0.15) is 11.1 Å². The fourth-order valence-electron chi connectivity index (χ4n) is 1.88. The normalized spacial score (nSPS) is 12.7. The van der Waals surface area contributed by atoms with E-state index in [1.54, 1.807) is 23.0 Å². The van der Waals surface area contributed by atoms with Gasteiger partial charge < -0.3 is 5.11 Å².